The smallest absolute Gasteiger partial charge is 0.255 e. The van der Waals surface area contributed by atoms with Gasteiger partial charge in [-0.15, -0.1) is 0 Å². The van der Waals surface area contributed by atoms with Crippen LogP contribution in [0.4, 0.5) is 14.5 Å². The van der Waals surface area contributed by atoms with E-state index >= 15 is 0 Å². The Morgan fingerprint density at radius 3 is 2.30 bits per heavy atom. The molecule has 1 unspecified atom stereocenters. The third-order valence-corrected chi connectivity index (χ3v) is 6.14. The van der Waals surface area contributed by atoms with Crippen LogP contribution in [0.15, 0.2) is 67.0 Å². The van der Waals surface area contributed by atoms with Crippen molar-refractivity contribution < 1.29 is 18.4 Å². The van der Waals surface area contributed by atoms with E-state index in [0.29, 0.717) is 29.7 Å². The van der Waals surface area contributed by atoms with Crippen LogP contribution in [0.2, 0.25) is 0 Å². The highest BCUT2D eigenvalue weighted by Crippen LogP contribution is 2.44. The molecule has 1 fully saturated rings. The molecule has 2 aromatic carbocycles. The number of benzene rings is 2. The number of anilines is 1. The van der Waals surface area contributed by atoms with E-state index in [4.69, 9.17) is 5.73 Å². The van der Waals surface area contributed by atoms with Crippen molar-refractivity contribution in [2.45, 2.75) is 30.7 Å². The molecule has 3 aromatic rings. The molecule has 1 aromatic heterocycles. The average molecular weight is 450 g/mol. The molecular formula is C25H24F2N4O2. The molecular weight excluding hydrogens is 426 g/mol. The van der Waals surface area contributed by atoms with E-state index in [-0.39, 0.29) is 18.4 Å². The number of nitrogens with zero attached hydrogens (tertiary/aromatic N) is 1. The van der Waals surface area contributed by atoms with Gasteiger partial charge in [-0.05, 0) is 60.4 Å². The average Bonchev–Trinajstić information content (AvgIpc) is 2.80. The lowest BCUT2D eigenvalue weighted by Crippen LogP contribution is -2.50. The molecule has 1 atom stereocenters. The molecule has 1 heterocycles. The first kappa shape index (κ1) is 22.5. The van der Waals surface area contributed by atoms with Gasteiger partial charge in [-0.25, -0.2) is 8.78 Å². The maximum absolute atomic E-state index is 13.7. The molecule has 8 heteroatoms. The minimum atomic E-state index is -0.962. The number of nitrogens with two attached hydrogens (primary N) is 1. The fourth-order valence-electron chi connectivity index (χ4n) is 3.98. The lowest BCUT2D eigenvalue weighted by Gasteiger charge is -2.41. The number of halogens is 2. The summed E-state index contributed by atoms with van der Waals surface area (Å²) in [5.74, 6) is -2.40. The minimum absolute atomic E-state index is 0.173. The molecule has 0 aliphatic heterocycles. The Labute approximate surface area is 190 Å². The fraction of sp³-hybridized carbons (Fsp3) is 0.240. The van der Waals surface area contributed by atoms with E-state index in [0.717, 1.165) is 24.1 Å². The first-order valence-electron chi connectivity index (χ1n) is 10.7. The zero-order valence-electron chi connectivity index (χ0n) is 17.9. The van der Waals surface area contributed by atoms with Gasteiger partial charge in [-0.2, -0.15) is 0 Å². The lowest BCUT2D eigenvalue weighted by molar-refractivity contribution is -0.130. The number of carbonyl (C=O) groups is 2. The van der Waals surface area contributed by atoms with Crippen molar-refractivity contribution in [1.82, 2.24) is 10.3 Å². The van der Waals surface area contributed by atoms with Gasteiger partial charge in [0.05, 0.1) is 5.41 Å². The molecule has 2 amide bonds. The van der Waals surface area contributed by atoms with E-state index in [1.807, 2.05) is 0 Å². The van der Waals surface area contributed by atoms with E-state index in [1.54, 1.807) is 48.8 Å². The van der Waals surface area contributed by atoms with Crippen LogP contribution in [-0.4, -0.2) is 23.3 Å². The Balaban J connectivity index is 1.37. The maximum atomic E-state index is 13.7. The monoisotopic (exact) mass is 450 g/mol. The largest absolute Gasteiger partial charge is 0.353 e. The standard InChI is InChI=1S/C25H24F2N4O2/c26-20-7-6-18(14-21(20)27)25(10-1-11-25)24(33)30-15-22(28)16-2-4-17(5-3-16)23(32)31-19-8-12-29-13-9-19/h2-9,12-14,22H,1,10-11,15,28H2,(H,30,33)(H,29,31,32). The van der Waals surface area contributed by atoms with Crippen molar-refractivity contribution in [3.8, 4) is 0 Å². The van der Waals surface area contributed by atoms with Crippen molar-refractivity contribution in [2.24, 2.45) is 5.73 Å². The summed E-state index contributed by atoms with van der Waals surface area (Å²) >= 11 is 0. The number of rotatable bonds is 7. The summed E-state index contributed by atoms with van der Waals surface area (Å²) < 4.78 is 27.0. The molecule has 0 saturated heterocycles. The van der Waals surface area contributed by atoms with Crippen LogP contribution >= 0.6 is 0 Å². The van der Waals surface area contributed by atoms with Gasteiger partial charge in [0.15, 0.2) is 11.6 Å². The van der Waals surface area contributed by atoms with Crippen molar-refractivity contribution >= 4 is 17.5 Å². The molecule has 1 saturated carbocycles. The zero-order valence-corrected chi connectivity index (χ0v) is 17.9. The fourth-order valence-corrected chi connectivity index (χ4v) is 3.98. The third-order valence-electron chi connectivity index (χ3n) is 6.14. The second kappa shape index (κ2) is 9.46. The second-order valence-corrected chi connectivity index (χ2v) is 8.19. The van der Waals surface area contributed by atoms with Crippen LogP contribution in [0.25, 0.3) is 0 Å². The van der Waals surface area contributed by atoms with Gasteiger partial charge >= 0.3 is 0 Å². The van der Waals surface area contributed by atoms with Gasteiger partial charge in [0, 0.05) is 36.2 Å². The van der Waals surface area contributed by atoms with E-state index in [9.17, 15) is 18.4 Å². The number of hydrogen-bond donors (Lipinski definition) is 3. The summed E-state index contributed by atoms with van der Waals surface area (Å²) in [6.07, 6.45) is 5.15. The molecule has 4 rings (SSSR count). The van der Waals surface area contributed by atoms with Crippen molar-refractivity contribution in [3.63, 3.8) is 0 Å². The number of amides is 2. The van der Waals surface area contributed by atoms with Crippen LogP contribution in [0.5, 0.6) is 0 Å². The first-order chi connectivity index (χ1) is 15.9. The van der Waals surface area contributed by atoms with Gasteiger partial charge in [-0.3, -0.25) is 14.6 Å². The van der Waals surface area contributed by atoms with Gasteiger partial charge < -0.3 is 16.4 Å². The van der Waals surface area contributed by atoms with Crippen LogP contribution in [0, 0.1) is 11.6 Å². The van der Waals surface area contributed by atoms with Gasteiger partial charge in [0.1, 0.15) is 0 Å². The van der Waals surface area contributed by atoms with E-state index in [2.05, 4.69) is 15.6 Å². The van der Waals surface area contributed by atoms with Crippen LogP contribution < -0.4 is 16.4 Å². The van der Waals surface area contributed by atoms with Crippen molar-refractivity contribution in [3.05, 3.63) is 95.3 Å². The Morgan fingerprint density at radius 1 is 1.00 bits per heavy atom. The minimum Gasteiger partial charge on any atom is -0.353 e. The SMILES string of the molecule is NC(CNC(=O)C1(c2ccc(F)c(F)c2)CCC1)c1ccc(C(=O)Nc2ccncc2)cc1. The molecule has 0 bridgehead atoms. The van der Waals surface area contributed by atoms with Gasteiger partial charge in [-0.1, -0.05) is 24.6 Å². The zero-order chi connectivity index (χ0) is 23.4. The van der Waals surface area contributed by atoms with Gasteiger partial charge in [0.25, 0.3) is 5.91 Å². The molecule has 170 valence electrons. The molecule has 1 aliphatic carbocycles. The Hall–Kier alpha value is -3.65. The lowest BCUT2D eigenvalue weighted by atomic mass is 9.63. The molecule has 4 N–H and O–H groups in total. The quantitative estimate of drug-likeness (QED) is 0.509. The highest BCUT2D eigenvalue weighted by Gasteiger charge is 2.45. The molecule has 0 radical (unpaired) electrons. The number of carbonyl (C=O) groups excluding carboxylic acids is 2. The highest BCUT2D eigenvalue weighted by atomic mass is 19.2. The predicted octanol–water partition coefficient (Wildman–Crippen LogP) is 3.85. The first-order valence-corrected chi connectivity index (χ1v) is 10.7. The summed E-state index contributed by atoms with van der Waals surface area (Å²) in [7, 11) is 0. The van der Waals surface area contributed by atoms with Crippen molar-refractivity contribution in [2.75, 3.05) is 11.9 Å². The number of aromatic nitrogens is 1. The molecule has 1 aliphatic rings. The van der Waals surface area contributed by atoms with Gasteiger partial charge in [0.2, 0.25) is 5.91 Å². The van der Waals surface area contributed by atoms with E-state index < -0.39 is 23.1 Å². The molecule has 33 heavy (non-hydrogen) atoms. The maximum Gasteiger partial charge on any atom is 0.255 e. The predicted molar refractivity (Wildman–Crippen MR) is 120 cm³/mol. The molecule has 0 spiro atoms. The summed E-state index contributed by atoms with van der Waals surface area (Å²) in [5.41, 5.74) is 7.73. The molecule has 6 nitrogen and oxygen atoms in total. The number of hydrogen-bond acceptors (Lipinski definition) is 4. The van der Waals surface area contributed by atoms with Crippen LogP contribution in [0.1, 0.15) is 46.8 Å². The van der Waals surface area contributed by atoms with Crippen LogP contribution in [-0.2, 0) is 10.2 Å². The number of pyridine rings is 1. The van der Waals surface area contributed by atoms with Crippen molar-refractivity contribution in [1.29, 1.82) is 0 Å². The van der Waals surface area contributed by atoms with Crippen LogP contribution in [0.3, 0.4) is 0 Å². The summed E-state index contributed by atoms with van der Waals surface area (Å²) in [4.78, 5) is 29.2. The Kier molecular flexibility index (Phi) is 6.46. The Bertz CT molecular complexity index is 1150. The number of nitrogens with one attached hydrogen (secondary N) is 2. The normalized spacial score (nSPS) is 15.2. The topological polar surface area (TPSA) is 97.1 Å². The summed E-state index contributed by atoms with van der Waals surface area (Å²) in [6.45, 7) is 0.173. The second-order valence-electron chi connectivity index (χ2n) is 8.19. The van der Waals surface area contributed by atoms with E-state index in [1.165, 1.54) is 6.07 Å². The highest BCUT2D eigenvalue weighted by molar-refractivity contribution is 6.04. The Morgan fingerprint density at radius 2 is 1.70 bits per heavy atom. The third kappa shape index (κ3) is 4.75. The summed E-state index contributed by atoms with van der Waals surface area (Å²) in [6, 6.07) is 13.3. The summed E-state index contributed by atoms with van der Waals surface area (Å²) in [5, 5.41) is 5.64.